The van der Waals surface area contributed by atoms with Crippen molar-refractivity contribution < 1.29 is 119 Å². The molecule has 0 aromatic heterocycles. The third kappa shape index (κ3) is 464. The molecule has 0 radical (unpaired) electrons. The summed E-state index contributed by atoms with van der Waals surface area (Å²) in [6, 6.07) is 0. The van der Waals surface area contributed by atoms with E-state index in [0.717, 1.165) is 6.92 Å². The average Bonchev–Trinajstić information content (AvgIpc) is 1.25. The van der Waals surface area contributed by atoms with Crippen LogP contribution in [-0.4, -0.2) is 22.7 Å². The van der Waals surface area contributed by atoms with Crippen LogP contribution in [0.15, 0.2) is 0 Å². The fourth-order valence-corrected chi connectivity index (χ4v) is 0. The van der Waals surface area contributed by atoms with Crippen molar-refractivity contribution in [1.29, 1.82) is 0 Å². The van der Waals surface area contributed by atoms with Crippen molar-refractivity contribution in [1.82, 2.24) is 0 Å². The third-order valence-electron chi connectivity index (χ3n) is 0. The Hall–Kier alpha value is 1.70. The van der Waals surface area contributed by atoms with Crippen LogP contribution in [0.3, 0.4) is 0 Å². The molecule has 0 spiro atoms. The zero-order valence-corrected chi connectivity index (χ0v) is 13.5. The van der Waals surface area contributed by atoms with Crippen LogP contribution in [0.1, 0.15) is 6.92 Å². The van der Waals surface area contributed by atoms with Crippen LogP contribution in [-0.2, 0) is 4.79 Å². The van der Waals surface area contributed by atoms with Crippen molar-refractivity contribution in [3.63, 3.8) is 0 Å². The van der Waals surface area contributed by atoms with E-state index in [0.29, 0.717) is 0 Å². The molecule has 0 bridgehead atoms. The number of carbonyl (C=O) groups excluding carboxylic acids is 1. The predicted octanol–water partition coefficient (Wildman–Crippen LogP) is -11.5. The Labute approximate surface area is 136 Å². The summed E-state index contributed by atoms with van der Waals surface area (Å²) in [6.45, 7) is 0.972. The van der Waals surface area contributed by atoms with Crippen LogP contribution in [0.2, 0.25) is 0 Å². The van der Waals surface area contributed by atoms with Gasteiger partial charge in [-0.2, -0.15) is 0 Å². The van der Waals surface area contributed by atoms with E-state index in [1.165, 1.54) is 0 Å². The molecular weight excluding hydrogens is 201 g/mol. The Morgan fingerprint density at radius 1 is 1.08 bits per heavy atom. The molecule has 0 aromatic carbocycles. The fraction of sp³-hybridized carbons (Fsp3) is 0.333. The predicted molar refractivity (Wildman–Crippen MR) is 20.6 cm³/mol. The Kier molecular flexibility index (Phi) is 91.1. The molecule has 0 aliphatic carbocycles. The second-order valence-corrected chi connectivity index (χ2v) is 0.757. The summed E-state index contributed by atoms with van der Waals surface area (Å²) in [4.78, 5) is 17.3. The minimum absolute atomic E-state index is 0. The van der Waals surface area contributed by atoms with E-state index in [1.807, 2.05) is 0 Å². The maximum Gasteiger partial charge on any atom is 1.00 e. The molecule has 0 heterocycles. The summed E-state index contributed by atoms with van der Waals surface area (Å²) in [5.74, 6) is -1.08. The standard InChI is InChI=1S/C2H4O2.CH2O3.3Na.H2O/c1-2(3)4;2-1(3)4;;;;/h1H3,(H,3,4);(H2,2,3,4);;;;1H2/q;;3*+1;/p-3. The van der Waals surface area contributed by atoms with Gasteiger partial charge in [-0.1, -0.05) is 0 Å². The summed E-state index contributed by atoms with van der Waals surface area (Å²) in [6.07, 6.45) is -2.08. The van der Waals surface area contributed by atoms with E-state index >= 15 is 0 Å². The Bertz CT molecular complexity index is 76.0. The van der Waals surface area contributed by atoms with Gasteiger partial charge >= 0.3 is 88.7 Å². The summed E-state index contributed by atoms with van der Waals surface area (Å²) < 4.78 is 0. The molecule has 0 fully saturated rings. The van der Waals surface area contributed by atoms with Gasteiger partial charge in [-0.3, -0.25) is 0 Å². The van der Waals surface area contributed by atoms with Gasteiger partial charge in [-0.25, -0.2) is 0 Å². The van der Waals surface area contributed by atoms with Crippen LogP contribution in [0.4, 0.5) is 4.79 Å². The minimum Gasteiger partial charge on any atom is -0.870 e. The number of hydrogen-bond acceptors (Lipinski definition) is 5. The second kappa shape index (κ2) is 29.3. The van der Waals surface area contributed by atoms with Gasteiger partial charge in [-0.15, -0.1) is 0 Å². The van der Waals surface area contributed by atoms with Crippen molar-refractivity contribution >= 4 is 12.1 Å². The van der Waals surface area contributed by atoms with Crippen LogP contribution >= 0.6 is 0 Å². The summed E-state index contributed by atoms with van der Waals surface area (Å²) >= 11 is 0. The van der Waals surface area contributed by atoms with Gasteiger partial charge < -0.3 is 30.4 Å². The zero-order valence-electron chi connectivity index (χ0n) is 7.53. The van der Waals surface area contributed by atoms with Gasteiger partial charge in [-0.05, 0) is 6.92 Å². The Balaban J connectivity index is -0.0000000112. The first kappa shape index (κ1) is 37.3. The SMILES string of the molecule is CC(=O)[O-].O=C([O-])O.[Na+].[Na+].[Na+].[OH-]. The maximum absolute atomic E-state index is 8.89. The molecule has 0 saturated carbocycles. The van der Waals surface area contributed by atoms with Gasteiger partial charge in [0.25, 0.3) is 0 Å². The molecule has 0 rings (SSSR count). The molecule has 0 aliphatic heterocycles. The van der Waals surface area contributed by atoms with Gasteiger partial charge in [0, 0.05) is 5.97 Å². The third-order valence-corrected chi connectivity index (χ3v) is 0. The molecule has 12 heavy (non-hydrogen) atoms. The molecule has 0 unspecified atom stereocenters. The topological polar surface area (TPSA) is 130 Å². The molecule has 6 nitrogen and oxygen atoms in total. The first-order chi connectivity index (χ1) is 3.46. The molecule has 56 valence electrons. The van der Waals surface area contributed by atoms with Crippen molar-refractivity contribution in [2.75, 3.05) is 0 Å². The zero-order chi connectivity index (χ0) is 7.15. The first-order valence-electron chi connectivity index (χ1n) is 1.54. The van der Waals surface area contributed by atoms with Gasteiger partial charge in [0.15, 0.2) is 0 Å². The maximum atomic E-state index is 8.89. The number of rotatable bonds is 0. The Morgan fingerprint density at radius 3 is 1.08 bits per heavy atom. The quantitative estimate of drug-likeness (QED) is 0.391. The van der Waals surface area contributed by atoms with Gasteiger partial charge in [0.05, 0.1) is 0 Å². The summed E-state index contributed by atoms with van der Waals surface area (Å²) in [5, 5.41) is 24.2. The van der Waals surface area contributed by atoms with Crippen molar-refractivity contribution in [2.45, 2.75) is 6.92 Å². The molecule has 9 heteroatoms. The number of carbonyl (C=O) groups is 2. The van der Waals surface area contributed by atoms with E-state index in [-0.39, 0.29) is 94.1 Å². The van der Waals surface area contributed by atoms with Crippen molar-refractivity contribution in [2.24, 2.45) is 0 Å². The van der Waals surface area contributed by atoms with Crippen LogP contribution in [0.25, 0.3) is 0 Å². The van der Waals surface area contributed by atoms with E-state index < -0.39 is 12.1 Å². The first-order valence-corrected chi connectivity index (χ1v) is 1.54. The summed E-state index contributed by atoms with van der Waals surface area (Å²) in [5.41, 5.74) is 0. The number of aliphatic carboxylic acids is 1. The van der Waals surface area contributed by atoms with Crippen molar-refractivity contribution in [3.8, 4) is 0 Å². The molecule has 2 N–H and O–H groups in total. The number of hydrogen-bond donors (Lipinski definition) is 1. The van der Waals surface area contributed by atoms with E-state index in [4.69, 9.17) is 24.9 Å². The van der Waals surface area contributed by atoms with Crippen molar-refractivity contribution in [3.05, 3.63) is 0 Å². The largest absolute Gasteiger partial charge is 1.00 e. The van der Waals surface area contributed by atoms with E-state index in [1.54, 1.807) is 0 Å². The summed E-state index contributed by atoms with van der Waals surface area (Å²) in [7, 11) is 0. The molecule has 0 aromatic rings. The molecular formula is C3H5Na3O6. The number of carboxylic acids is 1. The van der Waals surface area contributed by atoms with E-state index in [9.17, 15) is 0 Å². The Morgan fingerprint density at radius 2 is 1.08 bits per heavy atom. The van der Waals surface area contributed by atoms with Crippen LogP contribution in [0, 0.1) is 0 Å². The molecule has 0 atom stereocenters. The van der Waals surface area contributed by atoms with Gasteiger partial charge in [0.2, 0.25) is 6.16 Å². The van der Waals surface area contributed by atoms with Crippen LogP contribution in [0.5, 0.6) is 0 Å². The monoisotopic (exact) mass is 206 g/mol. The number of carboxylic acid groups (broad SMARTS) is 3. The van der Waals surface area contributed by atoms with E-state index in [2.05, 4.69) is 0 Å². The minimum atomic E-state index is -2.08. The smallest absolute Gasteiger partial charge is 0.870 e. The molecule has 0 amide bonds. The second-order valence-electron chi connectivity index (χ2n) is 0.757. The normalized spacial score (nSPS) is 4.08. The molecule has 0 saturated heterocycles. The average molecular weight is 206 g/mol. The molecule has 0 aliphatic rings. The fourth-order valence-electron chi connectivity index (χ4n) is 0. The van der Waals surface area contributed by atoms with Gasteiger partial charge in [0.1, 0.15) is 0 Å². The van der Waals surface area contributed by atoms with Crippen LogP contribution < -0.4 is 98.9 Å².